The van der Waals surface area contributed by atoms with Gasteiger partial charge in [-0.05, 0) is 28.9 Å². The van der Waals surface area contributed by atoms with Crippen LogP contribution in [0, 0.1) is 0 Å². The van der Waals surface area contributed by atoms with Crippen molar-refractivity contribution in [3.05, 3.63) is 21.7 Å². The number of pyridine rings is 1. The smallest absolute Gasteiger partial charge is 0.312 e. The highest BCUT2D eigenvalue weighted by Gasteiger charge is 2.10. The predicted octanol–water partition coefficient (Wildman–Crippen LogP) is 2.56. The highest BCUT2D eigenvalue weighted by Crippen LogP contribution is 2.23. The van der Waals surface area contributed by atoms with Crippen molar-refractivity contribution in [2.24, 2.45) is 0 Å². The lowest BCUT2D eigenvalue weighted by Crippen LogP contribution is -2.06. The average Bonchev–Trinajstić information content (AvgIpc) is 2.59. The fourth-order valence-corrected chi connectivity index (χ4v) is 2.69. The number of rotatable bonds is 3. The first-order chi connectivity index (χ1) is 7.69. The van der Waals surface area contributed by atoms with Gasteiger partial charge < -0.3 is 4.74 Å². The molecule has 0 aliphatic rings. The maximum Gasteiger partial charge on any atom is 0.312 e. The molecule has 84 valence electrons. The summed E-state index contributed by atoms with van der Waals surface area (Å²) in [6, 6.07) is 1.94. The van der Waals surface area contributed by atoms with Gasteiger partial charge >= 0.3 is 5.97 Å². The SMILES string of the molecule is CCOC(=O)Cc1nc2ncc(Br)cc2s1. The van der Waals surface area contributed by atoms with Crippen molar-refractivity contribution in [3.8, 4) is 0 Å². The minimum Gasteiger partial charge on any atom is -0.466 e. The van der Waals surface area contributed by atoms with Gasteiger partial charge in [-0.2, -0.15) is 0 Å². The van der Waals surface area contributed by atoms with E-state index in [1.165, 1.54) is 11.3 Å². The number of hydrogen-bond donors (Lipinski definition) is 0. The molecule has 0 radical (unpaired) electrons. The van der Waals surface area contributed by atoms with Gasteiger partial charge in [0.15, 0.2) is 5.65 Å². The van der Waals surface area contributed by atoms with E-state index in [1.807, 2.05) is 6.07 Å². The number of thiazole rings is 1. The third kappa shape index (κ3) is 2.56. The molecule has 0 fully saturated rings. The second-order valence-corrected chi connectivity index (χ2v) is 5.10. The molecule has 0 saturated heterocycles. The van der Waals surface area contributed by atoms with Gasteiger partial charge in [-0.3, -0.25) is 4.79 Å². The lowest BCUT2D eigenvalue weighted by atomic mass is 10.4. The minimum atomic E-state index is -0.249. The van der Waals surface area contributed by atoms with Crippen molar-refractivity contribution >= 4 is 43.6 Å². The second-order valence-electron chi connectivity index (χ2n) is 3.06. The van der Waals surface area contributed by atoms with E-state index in [0.717, 1.165) is 14.2 Å². The zero-order valence-electron chi connectivity index (χ0n) is 8.57. The molecule has 0 aromatic carbocycles. The molecule has 0 aliphatic carbocycles. The van der Waals surface area contributed by atoms with Crippen LogP contribution in [0.4, 0.5) is 0 Å². The molecule has 0 spiro atoms. The number of hydrogen-bond acceptors (Lipinski definition) is 5. The molecule has 2 aromatic rings. The quantitative estimate of drug-likeness (QED) is 0.818. The fourth-order valence-electron chi connectivity index (χ4n) is 1.25. The van der Waals surface area contributed by atoms with Gasteiger partial charge in [0.25, 0.3) is 0 Å². The molecule has 0 aliphatic heterocycles. The molecule has 0 N–H and O–H groups in total. The molecule has 0 atom stereocenters. The Balaban J connectivity index is 2.23. The number of fused-ring (bicyclic) bond motifs is 1. The number of ether oxygens (including phenoxy) is 1. The number of nitrogens with zero attached hydrogens (tertiary/aromatic N) is 2. The number of carbonyl (C=O) groups is 1. The van der Waals surface area contributed by atoms with Crippen molar-refractivity contribution in [1.82, 2.24) is 9.97 Å². The fraction of sp³-hybridized carbons (Fsp3) is 0.300. The van der Waals surface area contributed by atoms with Crippen LogP contribution in [0.1, 0.15) is 11.9 Å². The Bertz CT molecular complexity index is 527. The topological polar surface area (TPSA) is 52.1 Å². The summed E-state index contributed by atoms with van der Waals surface area (Å²) in [6.45, 7) is 2.18. The summed E-state index contributed by atoms with van der Waals surface area (Å²) < 4.78 is 6.74. The van der Waals surface area contributed by atoms with Crippen LogP contribution < -0.4 is 0 Å². The Kier molecular flexibility index (Phi) is 3.50. The Morgan fingerprint density at radius 2 is 2.44 bits per heavy atom. The van der Waals surface area contributed by atoms with Gasteiger partial charge in [-0.25, -0.2) is 9.97 Å². The van der Waals surface area contributed by atoms with Gasteiger partial charge in [0, 0.05) is 10.7 Å². The van der Waals surface area contributed by atoms with E-state index in [9.17, 15) is 4.79 Å². The van der Waals surface area contributed by atoms with Crippen LogP contribution in [0.5, 0.6) is 0 Å². The maximum absolute atomic E-state index is 11.3. The Morgan fingerprint density at radius 1 is 1.62 bits per heavy atom. The van der Waals surface area contributed by atoms with E-state index in [-0.39, 0.29) is 12.4 Å². The van der Waals surface area contributed by atoms with Crippen molar-refractivity contribution in [3.63, 3.8) is 0 Å². The zero-order chi connectivity index (χ0) is 11.5. The van der Waals surface area contributed by atoms with E-state index >= 15 is 0 Å². The first kappa shape index (κ1) is 11.5. The zero-order valence-corrected chi connectivity index (χ0v) is 11.0. The van der Waals surface area contributed by atoms with Crippen LogP contribution in [0.3, 0.4) is 0 Å². The van der Waals surface area contributed by atoms with E-state index in [1.54, 1.807) is 13.1 Å². The van der Waals surface area contributed by atoms with Gasteiger partial charge in [-0.1, -0.05) is 0 Å². The Morgan fingerprint density at radius 3 is 3.19 bits per heavy atom. The molecular formula is C10H9BrN2O2S. The van der Waals surface area contributed by atoms with Crippen molar-refractivity contribution < 1.29 is 9.53 Å². The number of halogens is 1. The lowest BCUT2D eigenvalue weighted by Gasteiger charge is -1.97. The maximum atomic E-state index is 11.3. The third-order valence-electron chi connectivity index (χ3n) is 1.86. The molecule has 16 heavy (non-hydrogen) atoms. The van der Waals surface area contributed by atoms with E-state index in [2.05, 4.69) is 25.9 Å². The van der Waals surface area contributed by atoms with Crippen molar-refractivity contribution in [2.75, 3.05) is 6.61 Å². The molecule has 0 saturated carbocycles. The largest absolute Gasteiger partial charge is 0.466 e. The van der Waals surface area contributed by atoms with Crippen LogP contribution in [-0.4, -0.2) is 22.5 Å². The first-order valence-electron chi connectivity index (χ1n) is 4.75. The van der Waals surface area contributed by atoms with Crippen LogP contribution in [0.15, 0.2) is 16.7 Å². The number of aromatic nitrogens is 2. The minimum absolute atomic E-state index is 0.215. The third-order valence-corrected chi connectivity index (χ3v) is 3.28. The summed E-state index contributed by atoms with van der Waals surface area (Å²) in [5.74, 6) is -0.249. The summed E-state index contributed by atoms with van der Waals surface area (Å²) in [5.41, 5.74) is 0.674. The molecule has 2 heterocycles. The van der Waals surface area contributed by atoms with Crippen LogP contribution >= 0.6 is 27.3 Å². The molecule has 4 nitrogen and oxygen atoms in total. The van der Waals surface area contributed by atoms with Crippen molar-refractivity contribution in [1.29, 1.82) is 0 Å². The lowest BCUT2D eigenvalue weighted by molar-refractivity contribution is -0.142. The summed E-state index contributed by atoms with van der Waals surface area (Å²) in [6.07, 6.45) is 1.91. The van der Waals surface area contributed by atoms with E-state index in [0.29, 0.717) is 12.3 Å². The second kappa shape index (κ2) is 4.88. The highest BCUT2D eigenvalue weighted by molar-refractivity contribution is 9.10. The van der Waals surface area contributed by atoms with E-state index < -0.39 is 0 Å². The van der Waals surface area contributed by atoms with Crippen LogP contribution in [0.2, 0.25) is 0 Å². The summed E-state index contributed by atoms with van der Waals surface area (Å²) in [5, 5.41) is 0.735. The predicted molar refractivity (Wildman–Crippen MR) is 65.5 cm³/mol. The molecular weight excluding hydrogens is 292 g/mol. The monoisotopic (exact) mass is 300 g/mol. The molecule has 2 aromatic heterocycles. The molecule has 0 bridgehead atoms. The van der Waals surface area contributed by atoms with Gasteiger partial charge in [-0.15, -0.1) is 11.3 Å². The molecule has 6 heteroatoms. The molecule has 2 rings (SSSR count). The molecule has 0 amide bonds. The Hall–Kier alpha value is -1.01. The Labute approximate surface area is 105 Å². The summed E-state index contributed by atoms with van der Waals surface area (Å²) >= 11 is 4.80. The van der Waals surface area contributed by atoms with Gasteiger partial charge in [0.2, 0.25) is 0 Å². The molecule has 0 unspecified atom stereocenters. The number of esters is 1. The number of carbonyl (C=O) groups excluding carboxylic acids is 1. The highest BCUT2D eigenvalue weighted by atomic mass is 79.9. The summed E-state index contributed by atoms with van der Waals surface area (Å²) in [4.78, 5) is 19.7. The van der Waals surface area contributed by atoms with Gasteiger partial charge in [0.05, 0.1) is 17.7 Å². The summed E-state index contributed by atoms with van der Waals surface area (Å²) in [7, 11) is 0. The standard InChI is InChI=1S/C10H9BrN2O2S/c1-2-15-9(14)4-8-13-10-7(16-8)3-6(11)5-12-10/h3,5H,2,4H2,1H3. The van der Waals surface area contributed by atoms with Crippen LogP contribution in [0.25, 0.3) is 10.3 Å². The average molecular weight is 301 g/mol. The first-order valence-corrected chi connectivity index (χ1v) is 6.36. The van der Waals surface area contributed by atoms with Gasteiger partial charge in [0.1, 0.15) is 5.01 Å². The normalized spacial score (nSPS) is 10.6. The van der Waals surface area contributed by atoms with E-state index in [4.69, 9.17) is 4.74 Å². The van der Waals surface area contributed by atoms with Crippen LogP contribution in [-0.2, 0) is 16.0 Å². The van der Waals surface area contributed by atoms with Crippen molar-refractivity contribution in [2.45, 2.75) is 13.3 Å².